The van der Waals surface area contributed by atoms with E-state index in [0.717, 1.165) is 71.7 Å². The van der Waals surface area contributed by atoms with Crippen molar-refractivity contribution in [3.8, 4) is 63.2 Å². The van der Waals surface area contributed by atoms with E-state index in [4.69, 9.17) is 28.4 Å². The van der Waals surface area contributed by atoms with Crippen LogP contribution in [0, 0.1) is 57.7 Å². The Morgan fingerprint density at radius 2 is 1.54 bits per heavy atom. The van der Waals surface area contributed by atoms with Gasteiger partial charge in [-0.15, -0.1) is 0 Å². The Labute approximate surface area is 511 Å². The number of methoxy groups -OCH3 is 1. The van der Waals surface area contributed by atoms with Gasteiger partial charge in [-0.25, -0.2) is 0 Å². The molecule has 0 aromatic heterocycles. The van der Waals surface area contributed by atoms with Gasteiger partial charge in [0, 0.05) is 77.8 Å². The maximum absolute atomic E-state index is 13.7. The largest absolute Gasteiger partial charge is 0.508 e. The number of benzene rings is 5. The molecule has 7 N–H and O–H groups in total. The highest BCUT2D eigenvalue weighted by molar-refractivity contribution is 5.96. The van der Waals surface area contributed by atoms with Crippen LogP contribution in [0.25, 0.3) is 21.9 Å². The summed E-state index contributed by atoms with van der Waals surface area (Å²) in [4.78, 5) is 0. The molecule has 4 bridgehead atoms. The monoisotopic (exact) mass is 1180 g/mol. The third-order valence-corrected chi connectivity index (χ3v) is 24.3. The number of aliphatic hydroxyl groups is 2. The summed E-state index contributed by atoms with van der Waals surface area (Å²) in [6, 6.07) is 23.9. The van der Waals surface area contributed by atoms with Gasteiger partial charge in [0.25, 0.3) is 0 Å². The van der Waals surface area contributed by atoms with E-state index in [2.05, 4.69) is 34.6 Å². The standard InChI is InChI=1S/C74H86N2O11/c1-82-29-10-16-62-64(60-40-84-66-46(34-53(37-58(66)65(60)81)85-52-14-2-3-15-52)31-45-33-50(78)18-21-54(45)44-11-8-13-49(77)32-44)68-59-38-63(57-36-51(79)19-22-55(57)67(59)86-62)83-30-9-12-48-39-75-73(76-74(48)47-17-20-56(61(80)35-47)69(74)87-68)42-71(25-6-7-26-71)72(43-73)28-27-70(41-72)23-4-5-24-70/h8,11,13,17-22,32-34,36-38,47-48,52,56,60-62,64-65,68-69,75-81H,2-7,10,14-16,23-31,35,39-43H2,1H3/t47-,48-,56+,60+,61-,62+,64+,65+,68-,69+,72-,73-,74+/m0/s1. The summed E-state index contributed by atoms with van der Waals surface area (Å²) in [5.74, 6) is 8.41. The number of aromatic hydroxyl groups is 3. The summed E-state index contributed by atoms with van der Waals surface area (Å²) < 4.78 is 42.7. The SMILES string of the molecule is COCCC[C@H]1Oc2c3cc(c4cc(O)ccc24)OCC#C[C@H]2CN[C@@]4(CC5(CCCC5)[C@]5(CCC6(CCCC6)C5)C4)N[C@@]24[C@H](O[C@@H]3[C@@H]1[C@H]1COc2c(Cc3cc(O)ccc3-c3cccc(O)c3)cc(OC3CCCC3)cc2[C@H]1O)[C@@H]1C=C[C@H]4C[C@@H]1O. The summed E-state index contributed by atoms with van der Waals surface area (Å²) in [5, 5.41) is 69.6. The van der Waals surface area contributed by atoms with E-state index in [1.54, 1.807) is 43.5 Å². The van der Waals surface area contributed by atoms with Crippen LogP contribution in [-0.4, -0.2) is 94.6 Å². The molecule has 7 fully saturated rings. The lowest BCUT2D eigenvalue weighted by atomic mass is 9.55. The highest BCUT2D eigenvalue weighted by Crippen LogP contribution is 2.75. The fourth-order valence-corrected chi connectivity index (χ4v) is 20.6. The number of phenols is 3. The maximum Gasteiger partial charge on any atom is 0.149 e. The van der Waals surface area contributed by atoms with Crippen molar-refractivity contribution >= 4 is 10.8 Å². The van der Waals surface area contributed by atoms with E-state index in [-0.39, 0.29) is 70.8 Å². The molecule has 0 unspecified atom stereocenters. The van der Waals surface area contributed by atoms with Crippen LogP contribution in [0.15, 0.2) is 91.0 Å². The Morgan fingerprint density at radius 3 is 2.37 bits per heavy atom. The summed E-state index contributed by atoms with van der Waals surface area (Å²) >= 11 is 0. The first-order valence-electron chi connectivity index (χ1n) is 33.2. The molecule has 6 saturated carbocycles. The molecule has 17 rings (SSSR count). The van der Waals surface area contributed by atoms with Gasteiger partial charge in [-0.1, -0.05) is 67.9 Å². The van der Waals surface area contributed by atoms with Gasteiger partial charge in [-0.2, -0.15) is 0 Å². The Bertz CT molecular complexity index is 3570. The first-order chi connectivity index (χ1) is 42.4. The van der Waals surface area contributed by atoms with Crippen molar-refractivity contribution in [3.05, 3.63) is 113 Å². The van der Waals surface area contributed by atoms with Crippen LogP contribution in [0.3, 0.4) is 0 Å². The van der Waals surface area contributed by atoms with Gasteiger partial charge >= 0.3 is 0 Å². The predicted octanol–water partition coefficient (Wildman–Crippen LogP) is 12.8. The lowest BCUT2D eigenvalue weighted by Crippen LogP contribution is -2.82. The van der Waals surface area contributed by atoms with E-state index in [0.29, 0.717) is 78.2 Å². The van der Waals surface area contributed by atoms with Crippen molar-refractivity contribution in [2.75, 3.05) is 33.5 Å². The molecule has 458 valence electrons. The zero-order valence-electron chi connectivity index (χ0n) is 50.4. The molecule has 5 spiro atoms. The first kappa shape index (κ1) is 56.3. The molecule has 87 heavy (non-hydrogen) atoms. The van der Waals surface area contributed by atoms with Crippen LogP contribution >= 0.6 is 0 Å². The predicted molar refractivity (Wildman–Crippen MR) is 331 cm³/mol. The van der Waals surface area contributed by atoms with E-state index < -0.39 is 47.9 Å². The maximum atomic E-state index is 13.7. The molecular weight excluding hydrogens is 1090 g/mol. The average Bonchev–Trinajstić information content (AvgIpc) is 1.63. The minimum absolute atomic E-state index is 0.0301. The van der Waals surface area contributed by atoms with Gasteiger partial charge < -0.3 is 54.0 Å². The van der Waals surface area contributed by atoms with E-state index >= 15 is 0 Å². The molecule has 1 saturated heterocycles. The smallest absolute Gasteiger partial charge is 0.149 e. The zero-order valence-corrected chi connectivity index (χ0v) is 50.4. The number of aliphatic hydroxyl groups excluding tert-OH is 2. The quantitative estimate of drug-likeness (QED) is 0.0399. The third-order valence-electron chi connectivity index (χ3n) is 24.3. The van der Waals surface area contributed by atoms with Crippen LogP contribution < -0.4 is 29.6 Å². The minimum Gasteiger partial charge on any atom is -0.508 e. The van der Waals surface area contributed by atoms with E-state index in [1.807, 2.05) is 42.5 Å². The zero-order chi connectivity index (χ0) is 58.9. The van der Waals surface area contributed by atoms with E-state index in [1.165, 1.54) is 70.6 Å². The minimum atomic E-state index is -1.08. The number of fused-ring (bicyclic) bond motifs is 7. The van der Waals surface area contributed by atoms with Crippen molar-refractivity contribution in [3.63, 3.8) is 0 Å². The molecule has 12 aliphatic rings. The Hall–Kier alpha value is -5.98. The number of phenolic OH excluding ortho intramolecular Hbond substituents is 3. The molecule has 0 radical (unpaired) electrons. The van der Waals surface area contributed by atoms with Crippen molar-refractivity contribution in [2.24, 2.45) is 45.8 Å². The van der Waals surface area contributed by atoms with Crippen molar-refractivity contribution in [2.45, 2.75) is 183 Å². The molecule has 8 aliphatic carbocycles. The molecule has 4 aliphatic heterocycles. The number of hydrogen-bond acceptors (Lipinski definition) is 13. The molecule has 13 atom stereocenters. The summed E-state index contributed by atoms with van der Waals surface area (Å²) in [6.07, 6.45) is 24.1. The van der Waals surface area contributed by atoms with Crippen LogP contribution in [0.4, 0.5) is 0 Å². The summed E-state index contributed by atoms with van der Waals surface area (Å²) in [7, 11) is 1.72. The third kappa shape index (κ3) is 9.29. The van der Waals surface area contributed by atoms with Crippen molar-refractivity contribution in [1.82, 2.24) is 10.6 Å². The van der Waals surface area contributed by atoms with Gasteiger partial charge in [0.15, 0.2) is 0 Å². The second kappa shape index (κ2) is 21.6. The molecule has 4 heterocycles. The van der Waals surface area contributed by atoms with Gasteiger partial charge in [0.2, 0.25) is 0 Å². The van der Waals surface area contributed by atoms with Gasteiger partial charge in [0.1, 0.15) is 53.0 Å². The summed E-state index contributed by atoms with van der Waals surface area (Å²) in [6.45, 7) is 1.43. The number of ether oxygens (including phenoxy) is 6. The second-order valence-electron chi connectivity index (χ2n) is 28.9. The van der Waals surface area contributed by atoms with Crippen molar-refractivity contribution in [1.29, 1.82) is 0 Å². The topological polar surface area (TPSA) is 181 Å². The normalized spacial score (nSPS) is 34.8. The molecule has 5 aromatic carbocycles. The fourth-order valence-electron chi connectivity index (χ4n) is 20.6. The van der Waals surface area contributed by atoms with Gasteiger partial charge in [-0.05, 0) is 196 Å². The fraction of sp³-hybridized carbons (Fsp3) is 0.568. The molecular formula is C74H86N2O11. The highest BCUT2D eigenvalue weighted by atomic mass is 16.5. The van der Waals surface area contributed by atoms with Crippen LogP contribution in [0.1, 0.15) is 163 Å². The highest BCUT2D eigenvalue weighted by Gasteiger charge is 2.72. The second-order valence-corrected chi connectivity index (χ2v) is 28.9. The molecule has 5 aromatic rings. The first-order valence-corrected chi connectivity index (χ1v) is 33.2. The molecule has 13 nitrogen and oxygen atoms in total. The molecule has 0 amide bonds. The van der Waals surface area contributed by atoms with Crippen LogP contribution in [0.5, 0.6) is 40.2 Å². The van der Waals surface area contributed by atoms with Crippen LogP contribution in [-0.2, 0) is 15.9 Å². The molecule has 13 heteroatoms. The Morgan fingerprint density at radius 1 is 0.736 bits per heavy atom. The van der Waals surface area contributed by atoms with Crippen LogP contribution in [0.2, 0.25) is 0 Å². The summed E-state index contributed by atoms with van der Waals surface area (Å²) in [5.41, 5.74) is 4.60. The number of hydrogen-bond donors (Lipinski definition) is 7. The lowest BCUT2D eigenvalue weighted by Gasteiger charge is -2.64. The van der Waals surface area contributed by atoms with Crippen molar-refractivity contribution < 1.29 is 54.0 Å². The lowest BCUT2D eigenvalue weighted by molar-refractivity contribution is -0.209. The van der Waals surface area contributed by atoms with Gasteiger partial charge in [-0.3, -0.25) is 10.6 Å². The van der Waals surface area contributed by atoms with E-state index in [9.17, 15) is 25.5 Å². The van der Waals surface area contributed by atoms with Gasteiger partial charge in [0.05, 0.1) is 54.2 Å². The number of nitrogens with one attached hydrogen (secondary N) is 2. The number of rotatable bonds is 10. The Balaban J connectivity index is 0.843. The Kier molecular flexibility index (Phi) is 14.0. The average molecular weight is 1180 g/mol.